The molecule has 7 heteroatoms. The maximum absolute atomic E-state index is 10.4. The third-order valence-electron chi connectivity index (χ3n) is 1.09. The Morgan fingerprint density at radius 2 is 1.85 bits per heavy atom. The van der Waals surface area contributed by atoms with Crippen LogP contribution in [0.15, 0.2) is 6.07 Å². The van der Waals surface area contributed by atoms with Gasteiger partial charge in [-0.25, -0.2) is 9.78 Å². The van der Waals surface area contributed by atoms with Crippen molar-refractivity contribution in [2.75, 3.05) is 0 Å². The predicted molar refractivity (Wildman–Crippen MR) is 52.0 cm³/mol. The first-order valence-electron chi connectivity index (χ1n) is 2.77. The smallest absolute Gasteiger partial charge is 0.356 e. The Kier molecular flexibility index (Phi) is 6.38. The molecule has 13 heavy (non-hydrogen) atoms. The van der Waals surface area contributed by atoms with Crippen molar-refractivity contribution in [1.82, 2.24) is 4.98 Å². The van der Waals surface area contributed by atoms with E-state index in [2.05, 4.69) is 4.98 Å². The van der Waals surface area contributed by atoms with Gasteiger partial charge in [0, 0.05) is 51.4 Å². The molecule has 0 aromatic carbocycles. The minimum Gasteiger partial charge on any atom is -0.476 e. The predicted octanol–water partition coefficient (Wildman–Crippen LogP) is 2.36. The molecular weight excluding hydrogens is 264 g/mol. The molecule has 0 spiro atoms. The summed E-state index contributed by atoms with van der Waals surface area (Å²) in [7, 11) is 0. The van der Waals surface area contributed by atoms with E-state index in [-0.39, 0.29) is 72.3 Å². The number of pyridine rings is 1. The van der Waals surface area contributed by atoms with E-state index < -0.39 is 5.97 Å². The van der Waals surface area contributed by atoms with Crippen LogP contribution in [0.4, 0.5) is 0 Å². The molecule has 1 aromatic rings. The molecule has 0 atom stereocenters. The Morgan fingerprint density at radius 1 is 1.31 bits per heavy atom. The zero-order chi connectivity index (χ0) is 9.30. The standard InChI is InChI=1S/C6H2Cl3NO2.K/c7-2-1-3(8)5(9)10-4(2)6(11)12;/h1H,(H,11,12);. The molecule has 0 aliphatic carbocycles. The molecular formula is C6H2Cl3KNO2. The summed E-state index contributed by atoms with van der Waals surface area (Å²) < 4.78 is 0. The summed E-state index contributed by atoms with van der Waals surface area (Å²) in [6.45, 7) is 0. The molecule has 3 nitrogen and oxygen atoms in total. The van der Waals surface area contributed by atoms with Gasteiger partial charge in [-0.1, -0.05) is 34.8 Å². The van der Waals surface area contributed by atoms with Gasteiger partial charge in [0.2, 0.25) is 0 Å². The van der Waals surface area contributed by atoms with Crippen LogP contribution in [0, 0.1) is 0 Å². The van der Waals surface area contributed by atoms with Crippen molar-refractivity contribution >= 4 is 92.2 Å². The summed E-state index contributed by atoms with van der Waals surface area (Å²) >= 11 is 16.5. The summed E-state index contributed by atoms with van der Waals surface area (Å²) in [5.41, 5.74) is -0.300. The first kappa shape index (κ1) is 14.1. The summed E-state index contributed by atoms with van der Waals surface area (Å²) in [5.74, 6) is -1.24. The Bertz CT molecular complexity index is 345. The van der Waals surface area contributed by atoms with E-state index in [0.29, 0.717) is 0 Å². The number of carboxylic acids is 1. The van der Waals surface area contributed by atoms with Gasteiger partial charge >= 0.3 is 5.97 Å². The van der Waals surface area contributed by atoms with E-state index in [9.17, 15) is 4.79 Å². The van der Waals surface area contributed by atoms with Crippen molar-refractivity contribution in [3.63, 3.8) is 0 Å². The molecule has 0 saturated heterocycles. The third kappa shape index (κ3) is 3.64. The van der Waals surface area contributed by atoms with Gasteiger partial charge in [0.1, 0.15) is 5.15 Å². The van der Waals surface area contributed by atoms with Crippen LogP contribution in [0.2, 0.25) is 15.2 Å². The number of carboxylic acid groups (broad SMARTS) is 1. The average Bonchev–Trinajstić information content (AvgIpc) is 1.96. The molecule has 1 N–H and O–H groups in total. The van der Waals surface area contributed by atoms with Crippen LogP contribution in [0.25, 0.3) is 0 Å². The van der Waals surface area contributed by atoms with Gasteiger partial charge < -0.3 is 5.11 Å². The normalized spacial score (nSPS) is 9.15. The van der Waals surface area contributed by atoms with Crippen molar-refractivity contribution in [3.05, 3.63) is 27.0 Å². The average molecular weight is 266 g/mol. The van der Waals surface area contributed by atoms with Crippen molar-refractivity contribution < 1.29 is 9.90 Å². The zero-order valence-electron chi connectivity index (χ0n) is 6.51. The molecule has 0 bridgehead atoms. The van der Waals surface area contributed by atoms with E-state index in [0.717, 1.165) is 0 Å². The van der Waals surface area contributed by atoms with Gasteiger partial charge in [0.05, 0.1) is 10.0 Å². The molecule has 0 aliphatic heterocycles. The second-order valence-electron chi connectivity index (χ2n) is 1.90. The summed E-state index contributed by atoms with van der Waals surface area (Å²) in [5, 5.41) is 8.56. The number of aromatic carboxylic acids is 1. The van der Waals surface area contributed by atoms with Crippen LogP contribution >= 0.6 is 34.8 Å². The Morgan fingerprint density at radius 3 is 2.31 bits per heavy atom. The second-order valence-corrected chi connectivity index (χ2v) is 3.07. The van der Waals surface area contributed by atoms with Crippen LogP contribution in [-0.4, -0.2) is 67.4 Å². The molecule has 0 amide bonds. The van der Waals surface area contributed by atoms with Gasteiger partial charge in [0.15, 0.2) is 5.69 Å². The van der Waals surface area contributed by atoms with Gasteiger partial charge in [-0.15, -0.1) is 0 Å². The Labute approximate surface area is 132 Å². The topological polar surface area (TPSA) is 50.2 Å². The number of aromatic nitrogens is 1. The summed E-state index contributed by atoms with van der Waals surface area (Å²) in [6, 6.07) is 1.24. The maximum Gasteiger partial charge on any atom is 0.356 e. The molecule has 1 heterocycles. The minimum absolute atomic E-state index is 0. The largest absolute Gasteiger partial charge is 0.476 e. The molecule has 1 rings (SSSR count). The molecule has 65 valence electrons. The number of carbonyl (C=O) groups is 1. The Hall–Kier alpha value is 1.13. The fourth-order valence-corrected chi connectivity index (χ4v) is 1.17. The van der Waals surface area contributed by atoms with Crippen molar-refractivity contribution in [2.24, 2.45) is 0 Å². The molecule has 0 fully saturated rings. The molecule has 1 radical (unpaired) electrons. The monoisotopic (exact) mass is 264 g/mol. The van der Waals surface area contributed by atoms with Gasteiger partial charge in [-0.3, -0.25) is 0 Å². The number of halogens is 3. The van der Waals surface area contributed by atoms with Crippen molar-refractivity contribution in [3.8, 4) is 0 Å². The fraction of sp³-hybridized carbons (Fsp3) is 0. The van der Waals surface area contributed by atoms with E-state index >= 15 is 0 Å². The number of hydrogen-bond donors (Lipinski definition) is 1. The quantitative estimate of drug-likeness (QED) is 0.626. The first-order chi connectivity index (χ1) is 5.52. The van der Waals surface area contributed by atoms with Crippen molar-refractivity contribution in [2.45, 2.75) is 0 Å². The minimum atomic E-state index is -1.24. The van der Waals surface area contributed by atoms with E-state index in [1.807, 2.05) is 0 Å². The summed E-state index contributed by atoms with van der Waals surface area (Å²) in [6.07, 6.45) is 0. The maximum atomic E-state index is 10.4. The van der Waals surface area contributed by atoms with Gasteiger partial charge in [-0.05, 0) is 6.07 Å². The molecule has 0 saturated carbocycles. The first-order valence-corrected chi connectivity index (χ1v) is 3.90. The summed E-state index contributed by atoms with van der Waals surface area (Å²) in [4.78, 5) is 13.9. The van der Waals surface area contributed by atoms with E-state index in [4.69, 9.17) is 39.9 Å². The molecule has 0 unspecified atom stereocenters. The van der Waals surface area contributed by atoms with Crippen LogP contribution in [0.5, 0.6) is 0 Å². The van der Waals surface area contributed by atoms with Gasteiger partial charge in [0.25, 0.3) is 0 Å². The number of hydrogen-bond acceptors (Lipinski definition) is 2. The third-order valence-corrected chi connectivity index (χ3v) is 2.05. The Balaban J connectivity index is 0.00000144. The van der Waals surface area contributed by atoms with Gasteiger partial charge in [-0.2, -0.15) is 0 Å². The van der Waals surface area contributed by atoms with Crippen LogP contribution in [0.3, 0.4) is 0 Å². The number of rotatable bonds is 1. The van der Waals surface area contributed by atoms with Crippen LogP contribution in [0.1, 0.15) is 10.5 Å². The number of nitrogens with zero attached hydrogens (tertiary/aromatic N) is 1. The SMILES string of the molecule is O=C(O)c1nc(Cl)c(Cl)cc1Cl.[K]. The van der Waals surface area contributed by atoms with Crippen molar-refractivity contribution in [1.29, 1.82) is 0 Å². The second kappa shape index (κ2) is 5.87. The van der Waals surface area contributed by atoms with E-state index in [1.54, 1.807) is 0 Å². The van der Waals surface area contributed by atoms with Crippen LogP contribution in [-0.2, 0) is 0 Å². The zero-order valence-corrected chi connectivity index (χ0v) is 11.9. The molecule has 1 aromatic heterocycles. The van der Waals surface area contributed by atoms with E-state index in [1.165, 1.54) is 6.07 Å². The molecule has 0 aliphatic rings. The van der Waals surface area contributed by atoms with Crippen LogP contribution < -0.4 is 0 Å². The fourth-order valence-electron chi connectivity index (χ4n) is 0.594.